The fourth-order valence-corrected chi connectivity index (χ4v) is 10.4. The molecule has 0 bridgehead atoms. The molecular formula is C27H46NOPS. The first kappa shape index (κ1) is 25.4. The van der Waals surface area contributed by atoms with Crippen LogP contribution in [0.25, 0.3) is 0 Å². The summed E-state index contributed by atoms with van der Waals surface area (Å²) in [4.78, 5) is 0. The fraction of sp³-hybridized carbons (Fsp3) is 0.778. The predicted octanol–water partition coefficient (Wildman–Crippen LogP) is 7.60. The molecule has 176 valence electrons. The van der Waals surface area contributed by atoms with E-state index in [1.807, 2.05) is 0 Å². The summed E-state index contributed by atoms with van der Waals surface area (Å²) >= 11 is 0. The molecule has 4 heteroatoms. The first-order valence-electron chi connectivity index (χ1n) is 12.6. The zero-order valence-corrected chi connectivity index (χ0v) is 22.6. The van der Waals surface area contributed by atoms with E-state index < -0.39 is 11.0 Å². The average Bonchev–Trinajstić information content (AvgIpc) is 2.73. The van der Waals surface area contributed by atoms with Gasteiger partial charge in [-0.25, -0.2) is 8.93 Å². The van der Waals surface area contributed by atoms with Gasteiger partial charge >= 0.3 is 0 Å². The smallest absolute Gasteiger partial charge is 0.0976 e. The van der Waals surface area contributed by atoms with Crippen molar-refractivity contribution in [2.45, 2.75) is 128 Å². The fourth-order valence-electron chi connectivity index (χ4n) is 5.37. The molecular weight excluding hydrogens is 417 g/mol. The van der Waals surface area contributed by atoms with E-state index in [1.54, 1.807) is 5.30 Å². The maximum absolute atomic E-state index is 13.2. The van der Waals surface area contributed by atoms with Gasteiger partial charge in [-0.3, -0.25) is 0 Å². The van der Waals surface area contributed by atoms with Crippen molar-refractivity contribution >= 4 is 24.2 Å². The molecule has 0 radical (unpaired) electrons. The van der Waals surface area contributed by atoms with E-state index in [0.29, 0.717) is 0 Å². The summed E-state index contributed by atoms with van der Waals surface area (Å²) in [5.41, 5.74) is 3.18. The number of hydrogen-bond acceptors (Lipinski definition) is 1. The molecule has 0 amide bonds. The molecule has 2 nitrogen and oxygen atoms in total. The van der Waals surface area contributed by atoms with Crippen LogP contribution < -0.4 is 10.0 Å². The first-order valence-corrected chi connectivity index (χ1v) is 15.3. The van der Waals surface area contributed by atoms with Gasteiger partial charge in [0.1, 0.15) is 0 Å². The van der Waals surface area contributed by atoms with E-state index in [4.69, 9.17) is 0 Å². The van der Waals surface area contributed by atoms with Crippen molar-refractivity contribution in [1.82, 2.24) is 4.72 Å². The summed E-state index contributed by atoms with van der Waals surface area (Å²) in [6.07, 6.45) is 14.1. The van der Waals surface area contributed by atoms with Gasteiger partial charge in [-0.05, 0) is 74.1 Å². The Labute approximate surface area is 196 Å². The van der Waals surface area contributed by atoms with Gasteiger partial charge in [-0.2, -0.15) is 0 Å². The first-order chi connectivity index (χ1) is 14.6. The summed E-state index contributed by atoms with van der Waals surface area (Å²) in [7, 11) is -1.27. The van der Waals surface area contributed by atoms with Gasteiger partial charge in [0.2, 0.25) is 0 Å². The van der Waals surface area contributed by atoms with E-state index in [9.17, 15) is 4.21 Å². The number of benzene rings is 1. The van der Waals surface area contributed by atoms with E-state index in [2.05, 4.69) is 70.5 Å². The molecule has 2 saturated carbocycles. The number of hydrogen-bond donors (Lipinski definition) is 1. The Bertz CT molecular complexity index is 705. The minimum Gasteiger partial charge on any atom is -0.242 e. The second-order valence-electron chi connectivity index (χ2n) is 11.8. The molecule has 1 aromatic rings. The van der Waals surface area contributed by atoms with Gasteiger partial charge in [0, 0.05) is 6.04 Å². The van der Waals surface area contributed by atoms with Gasteiger partial charge < -0.3 is 0 Å². The van der Waals surface area contributed by atoms with Gasteiger partial charge in [-0.1, -0.05) is 91.5 Å². The summed E-state index contributed by atoms with van der Waals surface area (Å²) in [6, 6.07) is 9.36. The highest BCUT2D eigenvalue weighted by molar-refractivity contribution is 7.84. The molecule has 2 atom stereocenters. The van der Waals surface area contributed by atoms with Crippen LogP contribution in [0.1, 0.15) is 117 Å². The molecule has 0 spiro atoms. The molecule has 0 aromatic heterocycles. The molecule has 1 N–H and O–H groups in total. The topological polar surface area (TPSA) is 29.1 Å². The summed E-state index contributed by atoms with van der Waals surface area (Å²) in [5, 5.41) is 1.62. The number of nitrogens with one attached hydrogen (secondary N) is 1. The van der Waals surface area contributed by atoms with Crippen LogP contribution in [0.5, 0.6) is 0 Å². The highest BCUT2D eigenvalue weighted by Gasteiger charge is 2.37. The molecule has 0 aliphatic heterocycles. The van der Waals surface area contributed by atoms with E-state index in [0.717, 1.165) is 11.3 Å². The van der Waals surface area contributed by atoms with E-state index in [-0.39, 0.29) is 24.1 Å². The number of rotatable bonds is 6. The molecule has 2 aliphatic rings. The van der Waals surface area contributed by atoms with Crippen molar-refractivity contribution in [3.05, 3.63) is 29.8 Å². The third-order valence-electron chi connectivity index (χ3n) is 7.11. The van der Waals surface area contributed by atoms with Crippen molar-refractivity contribution in [3.63, 3.8) is 0 Å². The van der Waals surface area contributed by atoms with Crippen molar-refractivity contribution in [2.24, 2.45) is 5.41 Å². The summed E-state index contributed by atoms with van der Waals surface area (Å²) in [6.45, 7) is 13.1. The minimum atomic E-state index is -1.09. The highest BCUT2D eigenvalue weighted by atomic mass is 32.2. The van der Waals surface area contributed by atoms with Crippen LogP contribution in [-0.4, -0.2) is 20.3 Å². The quantitative estimate of drug-likeness (QED) is 0.432. The average molecular weight is 464 g/mol. The van der Waals surface area contributed by atoms with Gasteiger partial charge in [0.25, 0.3) is 0 Å². The largest absolute Gasteiger partial charge is 0.242 e. The predicted molar refractivity (Wildman–Crippen MR) is 140 cm³/mol. The Morgan fingerprint density at radius 3 is 1.77 bits per heavy atom. The maximum Gasteiger partial charge on any atom is 0.0976 e. The standard InChI is InChI=1S/C27H46NOPS/c1-26(2,3)25(28-31(29)27(4,5)6)23-19-13-14-20-24(23)30(21-15-9-7-10-16-21)22-17-11-8-12-18-22/h13-14,19-22,25,28H,7-12,15-18H2,1-6H3/t25?,31-/m1/s1. The third-order valence-corrected chi connectivity index (χ3v) is 12.2. The zero-order valence-electron chi connectivity index (χ0n) is 20.9. The molecule has 2 aliphatic carbocycles. The van der Waals surface area contributed by atoms with Crippen LogP contribution in [-0.2, 0) is 11.0 Å². The molecule has 0 saturated heterocycles. The molecule has 3 rings (SSSR count). The van der Waals surface area contributed by atoms with E-state index >= 15 is 0 Å². The lowest BCUT2D eigenvalue weighted by atomic mass is 9.83. The normalized spacial score (nSPS) is 21.9. The van der Waals surface area contributed by atoms with Gasteiger partial charge in [-0.15, -0.1) is 0 Å². The van der Waals surface area contributed by atoms with Crippen molar-refractivity contribution in [2.75, 3.05) is 0 Å². The maximum atomic E-state index is 13.2. The molecule has 1 unspecified atom stereocenters. The Morgan fingerprint density at radius 2 is 1.32 bits per heavy atom. The molecule has 2 fully saturated rings. The highest BCUT2D eigenvalue weighted by Crippen LogP contribution is 2.56. The lowest BCUT2D eigenvalue weighted by Gasteiger charge is -2.42. The monoisotopic (exact) mass is 463 g/mol. The SMILES string of the molecule is CC(C)(C)C(N[S@](=O)C(C)(C)C)c1ccccc1P(C1CCCCC1)C1CCCCC1. The van der Waals surface area contributed by atoms with Crippen molar-refractivity contribution in [3.8, 4) is 0 Å². The lowest BCUT2D eigenvalue weighted by Crippen LogP contribution is -2.42. The van der Waals surface area contributed by atoms with Crippen LogP contribution >= 0.6 is 7.92 Å². The van der Waals surface area contributed by atoms with Crippen LogP contribution in [0.2, 0.25) is 0 Å². The third kappa shape index (κ3) is 6.64. The van der Waals surface area contributed by atoms with Gasteiger partial charge in [0.05, 0.1) is 15.7 Å². The van der Waals surface area contributed by atoms with Crippen LogP contribution in [0.3, 0.4) is 0 Å². The zero-order chi connectivity index (χ0) is 22.6. The molecule has 1 aromatic carbocycles. The summed E-state index contributed by atoms with van der Waals surface area (Å²) < 4.78 is 16.5. The Balaban J connectivity index is 2.03. The minimum absolute atomic E-state index is 0.00283. The lowest BCUT2D eigenvalue weighted by molar-refractivity contribution is 0.308. The van der Waals surface area contributed by atoms with Crippen LogP contribution in [0.15, 0.2) is 24.3 Å². The van der Waals surface area contributed by atoms with Crippen LogP contribution in [0.4, 0.5) is 0 Å². The molecule has 31 heavy (non-hydrogen) atoms. The Morgan fingerprint density at radius 1 is 0.839 bits per heavy atom. The second-order valence-corrected chi connectivity index (χ2v) is 16.6. The Hall–Kier alpha value is -0.240. The van der Waals surface area contributed by atoms with Crippen molar-refractivity contribution < 1.29 is 4.21 Å². The van der Waals surface area contributed by atoms with Crippen molar-refractivity contribution in [1.29, 1.82) is 0 Å². The Kier molecular flexibility index (Phi) is 8.84. The van der Waals surface area contributed by atoms with Crippen LogP contribution in [0, 0.1) is 5.41 Å². The van der Waals surface area contributed by atoms with Gasteiger partial charge in [0.15, 0.2) is 0 Å². The van der Waals surface area contributed by atoms with E-state index in [1.165, 1.54) is 69.8 Å². The summed E-state index contributed by atoms with van der Waals surface area (Å²) in [5.74, 6) is 0. The second kappa shape index (κ2) is 10.8. The molecule has 0 heterocycles.